The Morgan fingerprint density at radius 1 is 1.45 bits per heavy atom. The summed E-state index contributed by atoms with van der Waals surface area (Å²) in [7, 11) is 0. The number of piperidine rings is 1. The Morgan fingerprint density at radius 3 is 2.65 bits per heavy atom. The molecule has 2 bridgehead atoms. The van der Waals surface area contributed by atoms with Crippen molar-refractivity contribution < 1.29 is 22.4 Å². The van der Waals surface area contributed by atoms with Crippen LogP contribution in [0.5, 0.6) is 0 Å². The van der Waals surface area contributed by atoms with Gasteiger partial charge in [-0.1, -0.05) is 0 Å². The topological polar surface area (TPSA) is 85.3 Å². The summed E-state index contributed by atoms with van der Waals surface area (Å²) < 4.78 is 44.1. The van der Waals surface area contributed by atoms with Crippen LogP contribution in [0, 0.1) is 12.8 Å². The zero-order chi connectivity index (χ0) is 14.7. The maximum absolute atomic E-state index is 13.0. The molecule has 110 valence electrons. The molecule has 1 saturated carbocycles. The lowest BCUT2D eigenvalue weighted by Gasteiger charge is -2.61. The van der Waals surface area contributed by atoms with Crippen LogP contribution in [-0.4, -0.2) is 33.3 Å². The quantitative estimate of drug-likeness (QED) is 0.853. The monoisotopic (exact) mass is 290 g/mol. The van der Waals surface area contributed by atoms with Gasteiger partial charge in [0, 0.05) is 19.4 Å². The molecule has 1 aliphatic carbocycles. The number of urea groups is 1. The number of alkyl halides is 3. The number of carbonyl (C=O) groups is 1. The summed E-state index contributed by atoms with van der Waals surface area (Å²) in [5.41, 5.74) is 4.09. The fourth-order valence-electron chi connectivity index (χ4n) is 3.41. The molecule has 4 rings (SSSR count). The summed E-state index contributed by atoms with van der Waals surface area (Å²) in [4.78, 5) is 12.8. The van der Waals surface area contributed by atoms with Crippen LogP contribution in [0.15, 0.2) is 4.42 Å². The van der Waals surface area contributed by atoms with E-state index in [1.807, 2.05) is 0 Å². The van der Waals surface area contributed by atoms with Crippen LogP contribution >= 0.6 is 0 Å². The van der Waals surface area contributed by atoms with Gasteiger partial charge in [-0.3, -0.25) is 0 Å². The van der Waals surface area contributed by atoms with Gasteiger partial charge in [-0.15, -0.1) is 10.2 Å². The molecular weight excluding hydrogens is 277 g/mol. The van der Waals surface area contributed by atoms with Crippen molar-refractivity contribution >= 4 is 6.03 Å². The normalized spacial score (nSPS) is 32.9. The summed E-state index contributed by atoms with van der Waals surface area (Å²) in [6, 6.07) is -1.27. The van der Waals surface area contributed by atoms with Gasteiger partial charge in [0.15, 0.2) is 0 Å². The molecule has 0 unspecified atom stereocenters. The zero-order valence-corrected chi connectivity index (χ0v) is 10.6. The number of hydrogen-bond acceptors (Lipinski definition) is 4. The molecule has 20 heavy (non-hydrogen) atoms. The molecule has 2 amide bonds. The number of hydrogen-bond donors (Lipinski definition) is 1. The fourth-order valence-corrected chi connectivity index (χ4v) is 3.41. The van der Waals surface area contributed by atoms with E-state index in [-0.39, 0.29) is 24.6 Å². The second-order valence-electron chi connectivity index (χ2n) is 5.40. The van der Waals surface area contributed by atoms with Crippen LogP contribution in [-0.2, 0) is 5.54 Å². The molecule has 3 fully saturated rings. The van der Waals surface area contributed by atoms with E-state index in [1.54, 1.807) is 6.92 Å². The van der Waals surface area contributed by atoms with Gasteiger partial charge in [-0.25, -0.2) is 4.79 Å². The molecule has 3 atom stereocenters. The van der Waals surface area contributed by atoms with Gasteiger partial charge in [-0.05, 0) is 12.8 Å². The summed E-state index contributed by atoms with van der Waals surface area (Å²) in [5, 5.41) is 7.43. The average molecular weight is 290 g/mol. The summed E-state index contributed by atoms with van der Waals surface area (Å²) in [6.07, 6.45) is -4.33. The Hall–Kier alpha value is -1.80. The lowest BCUT2D eigenvalue weighted by molar-refractivity contribution is -0.230. The Labute approximate surface area is 112 Å². The van der Waals surface area contributed by atoms with Crippen molar-refractivity contribution in [2.45, 2.75) is 43.9 Å². The first kappa shape index (κ1) is 13.2. The molecule has 6 nitrogen and oxygen atoms in total. The minimum Gasteiger partial charge on any atom is -0.423 e. The third kappa shape index (κ3) is 1.68. The summed E-state index contributed by atoms with van der Waals surface area (Å²) in [6.45, 7) is 1.54. The Morgan fingerprint density at radius 2 is 2.15 bits per heavy atom. The number of nitrogens with zero attached hydrogens (tertiary/aromatic N) is 3. The van der Waals surface area contributed by atoms with Crippen LogP contribution < -0.4 is 5.73 Å². The van der Waals surface area contributed by atoms with Crippen LogP contribution in [0.2, 0.25) is 0 Å². The predicted octanol–water partition coefficient (Wildman–Crippen LogP) is 1.70. The van der Waals surface area contributed by atoms with Crippen molar-refractivity contribution in [2.75, 3.05) is 0 Å². The molecule has 1 aromatic heterocycles. The number of fused-ring (bicyclic) bond motifs is 2. The highest BCUT2D eigenvalue weighted by Gasteiger charge is 2.66. The van der Waals surface area contributed by atoms with Gasteiger partial charge >= 0.3 is 12.2 Å². The lowest BCUT2D eigenvalue weighted by Crippen LogP contribution is -2.71. The summed E-state index contributed by atoms with van der Waals surface area (Å²) >= 11 is 0. The smallest absolute Gasteiger partial charge is 0.392 e. The Balaban J connectivity index is 1.98. The number of amides is 2. The van der Waals surface area contributed by atoms with Crippen LogP contribution in [0.25, 0.3) is 0 Å². The zero-order valence-electron chi connectivity index (χ0n) is 10.6. The molecule has 1 aromatic rings. The van der Waals surface area contributed by atoms with Gasteiger partial charge in [-0.2, -0.15) is 13.2 Å². The molecule has 9 heteroatoms. The third-order valence-corrected chi connectivity index (χ3v) is 4.16. The molecule has 2 N–H and O–H groups in total. The molecular formula is C11H13F3N4O2. The molecule has 3 aliphatic rings. The number of primary amides is 1. The predicted molar refractivity (Wildman–Crippen MR) is 59.3 cm³/mol. The van der Waals surface area contributed by atoms with E-state index in [0.29, 0.717) is 6.42 Å². The van der Waals surface area contributed by atoms with E-state index < -0.39 is 29.7 Å². The maximum Gasteiger partial charge on any atom is 0.392 e. The van der Waals surface area contributed by atoms with E-state index in [1.165, 1.54) is 4.90 Å². The van der Waals surface area contributed by atoms with Gasteiger partial charge < -0.3 is 15.1 Å². The maximum atomic E-state index is 13.0. The third-order valence-electron chi connectivity index (χ3n) is 4.16. The standard InChI is InChI=1S/C11H13F3N4O2/c1-5-16-17-8(20-5)10-3-6(11(12,13)14)2-7(4-10)18(10)9(15)19/h6-7H,2-4H2,1H3,(H2,15,19)/t6-,7+,10-/m0/s1. The lowest BCUT2D eigenvalue weighted by atomic mass is 9.63. The number of carbonyl (C=O) groups excluding carboxylic acids is 1. The first-order valence-electron chi connectivity index (χ1n) is 6.20. The van der Waals surface area contributed by atoms with Crippen LogP contribution in [0.4, 0.5) is 18.0 Å². The highest BCUT2D eigenvalue weighted by atomic mass is 19.4. The van der Waals surface area contributed by atoms with Gasteiger partial charge in [0.05, 0.1) is 5.92 Å². The Bertz CT molecular complexity index is 558. The molecule has 0 spiro atoms. The molecule has 2 saturated heterocycles. The van der Waals surface area contributed by atoms with Crippen molar-refractivity contribution in [1.82, 2.24) is 15.1 Å². The second kappa shape index (κ2) is 3.86. The number of halogens is 3. The average Bonchev–Trinajstić information content (AvgIpc) is 2.73. The molecule has 3 heterocycles. The van der Waals surface area contributed by atoms with E-state index in [9.17, 15) is 18.0 Å². The fraction of sp³-hybridized carbons (Fsp3) is 0.727. The van der Waals surface area contributed by atoms with E-state index in [4.69, 9.17) is 10.2 Å². The molecule has 0 aromatic carbocycles. The van der Waals surface area contributed by atoms with Crippen LogP contribution in [0.1, 0.15) is 31.0 Å². The highest BCUT2D eigenvalue weighted by molar-refractivity contribution is 5.75. The minimum atomic E-state index is -4.30. The van der Waals surface area contributed by atoms with E-state index in [2.05, 4.69) is 10.2 Å². The van der Waals surface area contributed by atoms with Gasteiger partial charge in [0.2, 0.25) is 11.8 Å². The number of rotatable bonds is 1. The van der Waals surface area contributed by atoms with Crippen molar-refractivity contribution in [3.8, 4) is 0 Å². The second-order valence-corrected chi connectivity index (χ2v) is 5.40. The minimum absolute atomic E-state index is 0.0407. The first-order valence-corrected chi connectivity index (χ1v) is 6.20. The number of aromatic nitrogens is 2. The number of aryl methyl sites for hydroxylation is 1. The first-order chi connectivity index (χ1) is 9.24. The summed E-state index contributed by atoms with van der Waals surface area (Å²) in [5.74, 6) is -1.19. The van der Waals surface area contributed by atoms with Crippen molar-refractivity contribution in [3.63, 3.8) is 0 Å². The van der Waals surface area contributed by atoms with E-state index in [0.717, 1.165) is 0 Å². The number of nitrogens with two attached hydrogens (primary N) is 1. The van der Waals surface area contributed by atoms with Crippen LogP contribution in [0.3, 0.4) is 0 Å². The molecule has 2 aliphatic heterocycles. The largest absolute Gasteiger partial charge is 0.423 e. The Kier molecular flexibility index (Phi) is 2.55. The van der Waals surface area contributed by atoms with Crippen molar-refractivity contribution in [2.24, 2.45) is 11.7 Å². The molecule has 0 radical (unpaired) electrons. The van der Waals surface area contributed by atoms with Crippen molar-refractivity contribution in [1.29, 1.82) is 0 Å². The van der Waals surface area contributed by atoms with Gasteiger partial charge in [0.25, 0.3) is 0 Å². The van der Waals surface area contributed by atoms with Crippen molar-refractivity contribution in [3.05, 3.63) is 11.8 Å². The van der Waals surface area contributed by atoms with E-state index >= 15 is 0 Å². The SMILES string of the molecule is Cc1nnc([C@@]23C[C@@H](C[C@H](C(F)(F)F)C2)N3C(N)=O)o1. The van der Waals surface area contributed by atoms with Gasteiger partial charge in [0.1, 0.15) is 5.54 Å². The highest BCUT2D eigenvalue weighted by Crippen LogP contribution is 2.58.